The van der Waals surface area contributed by atoms with Crippen LogP contribution in [0, 0.1) is 0 Å². The van der Waals surface area contributed by atoms with Crippen LogP contribution in [0.2, 0.25) is 0 Å². The van der Waals surface area contributed by atoms with Crippen molar-refractivity contribution in [2.75, 3.05) is 18.9 Å². The van der Waals surface area contributed by atoms with Gasteiger partial charge in [0.25, 0.3) is 11.8 Å². The minimum absolute atomic E-state index is 0.0190. The average Bonchev–Trinajstić information content (AvgIpc) is 2.74. The van der Waals surface area contributed by atoms with Crippen molar-refractivity contribution in [3.05, 3.63) is 59.7 Å². The van der Waals surface area contributed by atoms with E-state index < -0.39 is 10.0 Å². The number of rotatable bonds is 5. The third-order valence-corrected chi connectivity index (χ3v) is 7.12. The Morgan fingerprint density at radius 2 is 1.52 bits per heavy atom. The van der Waals surface area contributed by atoms with E-state index in [-0.39, 0.29) is 22.8 Å². The first-order valence-electron chi connectivity index (χ1n) is 9.58. The smallest absolute Gasteiger partial charge is 0.255 e. The average molecular weight is 416 g/mol. The Labute approximate surface area is 171 Å². The molecule has 0 spiro atoms. The number of nitrogens with zero attached hydrogens (tertiary/aromatic N) is 1. The van der Waals surface area contributed by atoms with Gasteiger partial charge in [0.05, 0.1) is 4.90 Å². The molecule has 8 heteroatoms. The van der Waals surface area contributed by atoms with Gasteiger partial charge in [-0.1, -0.05) is 6.42 Å². The zero-order chi connectivity index (χ0) is 21.0. The zero-order valence-corrected chi connectivity index (χ0v) is 17.3. The van der Waals surface area contributed by atoms with Gasteiger partial charge in [-0.05, 0) is 68.3 Å². The number of carbonyl (C=O) groups is 2. The lowest BCUT2D eigenvalue weighted by molar-refractivity contribution is 0.0962. The molecule has 1 heterocycles. The van der Waals surface area contributed by atoms with Crippen molar-refractivity contribution in [1.82, 2.24) is 9.62 Å². The molecule has 2 aromatic rings. The monoisotopic (exact) mass is 415 g/mol. The van der Waals surface area contributed by atoms with Crippen molar-refractivity contribution < 1.29 is 18.0 Å². The lowest BCUT2D eigenvalue weighted by Crippen LogP contribution is -2.41. The summed E-state index contributed by atoms with van der Waals surface area (Å²) in [6, 6.07) is 12.5. The molecule has 0 aromatic heterocycles. The molecule has 0 unspecified atom stereocenters. The van der Waals surface area contributed by atoms with E-state index in [9.17, 15) is 18.0 Å². The van der Waals surface area contributed by atoms with Gasteiger partial charge in [0, 0.05) is 36.4 Å². The number of piperidine rings is 1. The molecule has 154 valence electrons. The molecule has 3 rings (SSSR count). The third-order valence-electron chi connectivity index (χ3n) is 5.10. The minimum atomic E-state index is -3.56. The highest BCUT2D eigenvalue weighted by Gasteiger charge is 2.30. The van der Waals surface area contributed by atoms with Crippen LogP contribution in [-0.2, 0) is 10.0 Å². The number of amides is 2. The van der Waals surface area contributed by atoms with Gasteiger partial charge in [-0.3, -0.25) is 9.59 Å². The molecule has 1 fully saturated rings. The Hall–Kier alpha value is -2.71. The maximum Gasteiger partial charge on any atom is 0.255 e. The summed E-state index contributed by atoms with van der Waals surface area (Å²) in [6.45, 7) is 2.45. The largest absolute Gasteiger partial charge is 0.355 e. The van der Waals surface area contributed by atoms with Crippen LogP contribution >= 0.6 is 0 Å². The Kier molecular flexibility index (Phi) is 6.34. The molecule has 0 saturated carbocycles. The summed E-state index contributed by atoms with van der Waals surface area (Å²) in [4.78, 5) is 24.2. The fourth-order valence-electron chi connectivity index (χ4n) is 3.40. The molecule has 1 saturated heterocycles. The first-order valence-corrected chi connectivity index (χ1v) is 11.0. The zero-order valence-electron chi connectivity index (χ0n) is 16.5. The highest BCUT2D eigenvalue weighted by molar-refractivity contribution is 7.89. The number of benzene rings is 2. The lowest BCUT2D eigenvalue weighted by Gasteiger charge is -2.32. The second kappa shape index (κ2) is 8.75. The number of anilines is 1. The van der Waals surface area contributed by atoms with Gasteiger partial charge in [-0.2, -0.15) is 4.31 Å². The predicted octanol–water partition coefficient (Wildman–Crippen LogP) is 2.86. The molecule has 2 N–H and O–H groups in total. The molecule has 0 bridgehead atoms. The number of sulfonamides is 1. The van der Waals surface area contributed by atoms with Gasteiger partial charge in [0.15, 0.2) is 0 Å². The van der Waals surface area contributed by atoms with Gasteiger partial charge >= 0.3 is 0 Å². The molecule has 1 aliphatic rings. The van der Waals surface area contributed by atoms with Gasteiger partial charge in [-0.25, -0.2) is 8.42 Å². The fraction of sp³-hybridized carbons (Fsp3) is 0.333. The molecule has 2 amide bonds. The quantitative estimate of drug-likeness (QED) is 0.785. The van der Waals surface area contributed by atoms with E-state index in [0.717, 1.165) is 19.3 Å². The van der Waals surface area contributed by atoms with Crippen molar-refractivity contribution in [2.45, 2.75) is 37.1 Å². The Morgan fingerprint density at radius 3 is 2.10 bits per heavy atom. The van der Waals surface area contributed by atoms with E-state index in [4.69, 9.17) is 0 Å². The van der Waals surface area contributed by atoms with Crippen LogP contribution in [0.15, 0.2) is 53.4 Å². The summed E-state index contributed by atoms with van der Waals surface area (Å²) in [5.74, 6) is -0.560. The van der Waals surface area contributed by atoms with Crippen LogP contribution in [0.5, 0.6) is 0 Å². The van der Waals surface area contributed by atoms with Crippen LogP contribution < -0.4 is 10.6 Å². The Bertz CT molecular complexity index is 986. The van der Waals surface area contributed by atoms with E-state index in [0.29, 0.717) is 23.4 Å². The predicted molar refractivity (Wildman–Crippen MR) is 111 cm³/mol. The standard InChI is InChI=1S/C21H25N3O4S/c1-15-5-3-4-14-24(15)29(27,28)19-12-8-17(9-13-19)21(26)23-18-10-6-16(7-11-18)20(25)22-2/h6-13,15H,3-5,14H2,1-2H3,(H,22,25)(H,23,26)/t15-/m1/s1. The van der Waals surface area contributed by atoms with Crippen LogP contribution in [0.3, 0.4) is 0 Å². The van der Waals surface area contributed by atoms with E-state index >= 15 is 0 Å². The summed E-state index contributed by atoms with van der Waals surface area (Å²) < 4.78 is 27.3. The second-order valence-corrected chi connectivity index (χ2v) is 8.99. The molecule has 1 aliphatic heterocycles. The van der Waals surface area contributed by atoms with Crippen molar-refractivity contribution in [3.63, 3.8) is 0 Å². The van der Waals surface area contributed by atoms with Crippen molar-refractivity contribution >= 4 is 27.5 Å². The third kappa shape index (κ3) is 4.65. The number of carbonyl (C=O) groups excluding carboxylic acids is 2. The van der Waals surface area contributed by atoms with Crippen LogP contribution in [0.1, 0.15) is 46.9 Å². The number of hydrogen-bond donors (Lipinski definition) is 2. The highest BCUT2D eigenvalue weighted by atomic mass is 32.2. The maximum absolute atomic E-state index is 12.9. The molecule has 0 aliphatic carbocycles. The number of nitrogens with one attached hydrogen (secondary N) is 2. The van der Waals surface area contributed by atoms with Gasteiger partial charge in [0.1, 0.15) is 0 Å². The van der Waals surface area contributed by atoms with Gasteiger partial charge in [-0.15, -0.1) is 0 Å². The molecule has 2 aromatic carbocycles. The molecule has 29 heavy (non-hydrogen) atoms. The first-order chi connectivity index (χ1) is 13.8. The van der Waals surface area contributed by atoms with Crippen LogP contribution in [-0.4, -0.2) is 44.2 Å². The highest BCUT2D eigenvalue weighted by Crippen LogP contribution is 2.25. The first kappa shape index (κ1) is 21.0. The van der Waals surface area contributed by atoms with E-state index in [2.05, 4.69) is 10.6 Å². The molecule has 7 nitrogen and oxygen atoms in total. The summed E-state index contributed by atoms with van der Waals surface area (Å²) in [5.41, 5.74) is 1.39. The summed E-state index contributed by atoms with van der Waals surface area (Å²) in [7, 11) is -2.01. The molecule has 1 atom stereocenters. The summed E-state index contributed by atoms with van der Waals surface area (Å²) >= 11 is 0. The molecular weight excluding hydrogens is 390 g/mol. The Morgan fingerprint density at radius 1 is 0.931 bits per heavy atom. The Balaban J connectivity index is 1.71. The fourth-order valence-corrected chi connectivity index (χ4v) is 5.09. The number of hydrogen-bond acceptors (Lipinski definition) is 4. The van der Waals surface area contributed by atoms with E-state index in [1.54, 1.807) is 35.6 Å². The minimum Gasteiger partial charge on any atom is -0.355 e. The normalized spacial score (nSPS) is 17.5. The second-order valence-electron chi connectivity index (χ2n) is 7.10. The molecule has 0 radical (unpaired) electrons. The van der Waals surface area contributed by atoms with E-state index in [1.807, 2.05) is 6.92 Å². The lowest BCUT2D eigenvalue weighted by atomic mass is 10.1. The summed E-state index contributed by atoms with van der Waals surface area (Å²) in [6.07, 6.45) is 2.76. The van der Waals surface area contributed by atoms with Crippen molar-refractivity contribution in [1.29, 1.82) is 0 Å². The molecular formula is C21H25N3O4S. The van der Waals surface area contributed by atoms with Crippen LogP contribution in [0.25, 0.3) is 0 Å². The SMILES string of the molecule is CNC(=O)c1ccc(NC(=O)c2ccc(S(=O)(=O)N3CCCC[C@H]3C)cc2)cc1. The van der Waals surface area contributed by atoms with Gasteiger partial charge < -0.3 is 10.6 Å². The summed E-state index contributed by atoms with van der Waals surface area (Å²) in [5, 5.41) is 5.27. The van der Waals surface area contributed by atoms with Crippen molar-refractivity contribution in [2.24, 2.45) is 0 Å². The maximum atomic E-state index is 12.9. The topological polar surface area (TPSA) is 95.6 Å². The van der Waals surface area contributed by atoms with Gasteiger partial charge in [0.2, 0.25) is 10.0 Å². The van der Waals surface area contributed by atoms with Crippen molar-refractivity contribution in [3.8, 4) is 0 Å². The van der Waals surface area contributed by atoms with E-state index in [1.165, 1.54) is 24.3 Å². The van der Waals surface area contributed by atoms with Crippen LogP contribution in [0.4, 0.5) is 5.69 Å².